The summed E-state index contributed by atoms with van der Waals surface area (Å²) in [6, 6.07) is 7.91. The minimum absolute atomic E-state index is 0.115. The van der Waals surface area contributed by atoms with Crippen LogP contribution in [0.2, 0.25) is 0 Å². The highest BCUT2D eigenvalue weighted by atomic mass is 16.2. The Kier molecular flexibility index (Phi) is 2.43. The van der Waals surface area contributed by atoms with Crippen LogP contribution in [-0.2, 0) is 9.59 Å². The van der Waals surface area contributed by atoms with E-state index >= 15 is 0 Å². The molecule has 5 aliphatic rings. The molecule has 124 valence electrons. The zero-order valence-corrected chi connectivity index (χ0v) is 13.5. The third-order valence-electron chi connectivity index (χ3n) is 6.57. The van der Waals surface area contributed by atoms with E-state index in [1.165, 1.54) is 6.42 Å². The largest absolute Gasteiger partial charge is 0.361 e. The number of imide groups is 1. The normalized spacial score (nSPS) is 38.0. The van der Waals surface area contributed by atoms with Crippen molar-refractivity contribution in [3.63, 3.8) is 0 Å². The summed E-state index contributed by atoms with van der Waals surface area (Å²) in [6.45, 7) is 0. The molecule has 1 aromatic heterocycles. The van der Waals surface area contributed by atoms with Crippen LogP contribution < -0.4 is 0 Å². The molecule has 2 heterocycles. The lowest BCUT2D eigenvalue weighted by atomic mass is 9.63. The number of nitrogens with zero attached hydrogens (tertiary/aromatic N) is 2. The van der Waals surface area contributed by atoms with Gasteiger partial charge in [0.05, 0.1) is 18.1 Å². The smallest absolute Gasteiger partial charge is 0.254 e. The molecule has 5 nitrogen and oxygen atoms in total. The van der Waals surface area contributed by atoms with Crippen molar-refractivity contribution in [2.45, 2.75) is 6.42 Å². The van der Waals surface area contributed by atoms with Gasteiger partial charge in [-0.25, -0.2) is 0 Å². The standard InChI is InChI=1S/C20H17N3O2/c24-19-17-12-5-6-13(15-7-14(12)15)18(17)20(25)23(19)22-9-10-8-21-16-4-2-1-3-11(10)16/h1-6,8-9,12-15,17-18,21H,7H2/b22-9-/t12-,13-,14-,15-,17+,18+/m1/s1. The molecule has 3 fully saturated rings. The number of hydrogen-bond donors (Lipinski definition) is 1. The van der Waals surface area contributed by atoms with Crippen LogP contribution in [0.4, 0.5) is 0 Å². The van der Waals surface area contributed by atoms with Crippen molar-refractivity contribution >= 4 is 28.9 Å². The van der Waals surface area contributed by atoms with Gasteiger partial charge in [-0.2, -0.15) is 10.1 Å². The first kappa shape index (κ1) is 13.6. The fraction of sp³-hybridized carbons (Fsp3) is 0.350. The number of carbonyl (C=O) groups is 2. The van der Waals surface area contributed by atoms with E-state index in [4.69, 9.17) is 0 Å². The van der Waals surface area contributed by atoms with Gasteiger partial charge >= 0.3 is 0 Å². The molecule has 2 aromatic rings. The number of rotatable bonds is 2. The van der Waals surface area contributed by atoms with Crippen LogP contribution in [0, 0.1) is 35.5 Å². The third-order valence-corrected chi connectivity index (χ3v) is 6.57. The van der Waals surface area contributed by atoms with E-state index in [0.29, 0.717) is 11.8 Å². The third kappa shape index (κ3) is 1.65. The van der Waals surface area contributed by atoms with E-state index in [1.54, 1.807) is 6.21 Å². The Morgan fingerprint density at radius 3 is 2.44 bits per heavy atom. The Hall–Kier alpha value is -2.69. The molecular weight excluding hydrogens is 314 g/mol. The Morgan fingerprint density at radius 2 is 1.72 bits per heavy atom. The molecule has 1 aromatic carbocycles. The van der Waals surface area contributed by atoms with Crippen molar-refractivity contribution in [1.82, 2.24) is 9.99 Å². The second kappa shape index (κ2) is 4.48. The SMILES string of the molecule is O=C1[C@H]2[C@@H]3C=C[C@H]([C@H]4C[C@H]34)[C@@H]2C(=O)N1/N=C\c1c[nH]c2ccccc12. The van der Waals surface area contributed by atoms with Gasteiger partial charge in [0.25, 0.3) is 11.8 Å². The number of benzene rings is 1. The molecule has 1 aliphatic heterocycles. The minimum atomic E-state index is -0.189. The van der Waals surface area contributed by atoms with Crippen molar-refractivity contribution in [2.24, 2.45) is 40.6 Å². The summed E-state index contributed by atoms with van der Waals surface area (Å²) in [6.07, 6.45) is 9.01. The van der Waals surface area contributed by atoms with E-state index in [1.807, 2.05) is 30.5 Å². The van der Waals surface area contributed by atoms with Gasteiger partial charge in [-0.3, -0.25) is 9.59 Å². The maximum atomic E-state index is 12.9. The minimum Gasteiger partial charge on any atom is -0.361 e. The molecule has 25 heavy (non-hydrogen) atoms. The summed E-state index contributed by atoms with van der Waals surface area (Å²) < 4.78 is 0. The first-order chi connectivity index (χ1) is 12.2. The Bertz CT molecular complexity index is 952. The van der Waals surface area contributed by atoms with Gasteiger partial charge in [-0.15, -0.1) is 0 Å². The lowest BCUT2D eigenvalue weighted by Crippen LogP contribution is -2.40. The molecule has 2 bridgehead atoms. The first-order valence-electron chi connectivity index (χ1n) is 8.90. The maximum absolute atomic E-state index is 12.9. The van der Waals surface area contributed by atoms with Gasteiger partial charge in [0.15, 0.2) is 0 Å². The molecule has 6 atom stereocenters. The number of aromatic nitrogens is 1. The highest BCUT2D eigenvalue weighted by molar-refractivity contribution is 6.07. The first-order valence-corrected chi connectivity index (χ1v) is 8.90. The molecule has 2 amide bonds. The highest BCUT2D eigenvalue weighted by Crippen LogP contribution is 2.65. The van der Waals surface area contributed by atoms with Crippen LogP contribution in [0.1, 0.15) is 12.0 Å². The number of fused-ring (bicyclic) bond motifs is 1. The lowest BCUT2D eigenvalue weighted by Gasteiger charge is -2.37. The summed E-state index contributed by atoms with van der Waals surface area (Å²) in [7, 11) is 0. The lowest BCUT2D eigenvalue weighted by molar-refractivity contribution is -0.140. The second-order valence-electron chi connectivity index (χ2n) is 7.68. The molecular formula is C20H17N3O2. The van der Waals surface area contributed by atoms with Gasteiger partial charge in [0.1, 0.15) is 0 Å². The average Bonchev–Trinajstić information content (AvgIpc) is 3.31. The Balaban J connectivity index is 1.35. The van der Waals surface area contributed by atoms with E-state index < -0.39 is 0 Å². The molecule has 0 radical (unpaired) electrons. The van der Waals surface area contributed by atoms with Gasteiger partial charge < -0.3 is 4.98 Å². The number of allylic oxidation sites excluding steroid dienone is 2. The van der Waals surface area contributed by atoms with Crippen molar-refractivity contribution in [2.75, 3.05) is 0 Å². The van der Waals surface area contributed by atoms with Crippen molar-refractivity contribution in [1.29, 1.82) is 0 Å². The van der Waals surface area contributed by atoms with E-state index in [-0.39, 0.29) is 35.5 Å². The zero-order chi connectivity index (χ0) is 16.7. The topological polar surface area (TPSA) is 65.5 Å². The molecule has 0 spiro atoms. The fourth-order valence-corrected chi connectivity index (χ4v) is 5.38. The summed E-state index contributed by atoms with van der Waals surface area (Å²) in [5.74, 6) is 1.11. The highest BCUT2D eigenvalue weighted by Gasteiger charge is 2.67. The van der Waals surface area contributed by atoms with Gasteiger partial charge in [0, 0.05) is 22.7 Å². The van der Waals surface area contributed by atoms with Gasteiger partial charge in [-0.1, -0.05) is 30.4 Å². The molecule has 7 rings (SSSR count). The molecule has 5 heteroatoms. The van der Waals surface area contributed by atoms with Crippen LogP contribution >= 0.6 is 0 Å². The Labute approximate surface area is 144 Å². The number of para-hydroxylation sites is 1. The summed E-state index contributed by atoms with van der Waals surface area (Å²) in [5, 5.41) is 6.47. The maximum Gasteiger partial charge on any atom is 0.254 e. The van der Waals surface area contributed by atoms with Crippen LogP contribution in [0.25, 0.3) is 10.9 Å². The van der Waals surface area contributed by atoms with Crippen LogP contribution in [0.5, 0.6) is 0 Å². The van der Waals surface area contributed by atoms with Crippen molar-refractivity contribution in [3.05, 3.63) is 48.2 Å². The summed E-state index contributed by atoms with van der Waals surface area (Å²) in [5.41, 5.74) is 1.90. The number of aromatic amines is 1. The van der Waals surface area contributed by atoms with Crippen LogP contribution in [0.15, 0.2) is 47.7 Å². The predicted octanol–water partition coefficient (Wildman–Crippen LogP) is 2.55. The fourth-order valence-electron chi connectivity index (χ4n) is 5.38. The van der Waals surface area contributed by atoms with Crippen molar-refractivity contribution < 1.29 is 9.59 Å². The van der Waals surface area contributed by atoms with Crippen LogP contribution in [-0.4, -0.2) is 28.0 Å². The number of hydrazone groups is 1. The molecule has 0 unspecified atom stereocenters. The number of carbonyl (C=O) groups excluding carboxylic acids is 2. The average molecular weight is 331 g/mol. The van der Waals surface area contributed by atoms with Gasteiger partial charge in [0.2, 0.25) is 0 Å². The monoisotopic (exact) mass is 331 g/mol. The predicted molar refractivity (Wildman–Crippen MR) is 92.4 cm³/mol. The second-order valence-corrected chi connectivity index (χ2v) is 7.68. The summed E-state index contributed by atoms with van der Waals surface area (Å²) in [4.78, 5) is 28.9. The zero-order valence-electron chi connectivity index (χ0n) is 13.5. The van der Waals surface area contributed by atoms with Gasteiger partial charge in [-0.05, 0) is 36.2 Å². The Morgan fingerprint density at radius 1 is 1.04 bits per heavy atom. The van der Waals surface area contributed by atoms with E-state index in [0.717, 1.165) is 21.5 Å². The van der Waals surface area contributed by atoms with E-state index in [9.17, 15) is 9.59 Å². The molecule has 2 saturated carbocycles. The molecule has 4 aliphatic carbocycles. The van der Waals surface area contributed by atoms with Crippen LogP contribution in [0.3, 0.4) is 0 Å². The molecule has 1 N–H and O–H groups in total. The number of amides is 2. The van der Waals surface area contributed by atoms with Crippen molar-refractivity contribution in [3.8, 4) is 0 Å². The number of H-pyrrole nitrogens is 1. The quantitative estimate of drug-likeness (QED) is 0.522. The van der Waals surface area contributed by atoms with E-state index in [2.05, 4.69) is 22.2 Å². The number of nitrogens with one attached hydrogen (secondary N) is 1. The molecule has 1 saturated heterocycles. The summed E-state index contributed by atoms with van der Waals surface area (Å²) >= 11 is 0. The number of hydrogen-bond acceptors (Lipinski definition) is 3.